The first-order chi connectivity index (χ1) is 7.10. The van der Waals surface area contributed by atoms with Gasteiger partial charge in [-0.3, -0.25) is 9.59 Å². The topological polar surface area (TPSA) is 55.4 Å². The maximum Gasteiger partial charge on any atom is 0.307 e. The lowest BCUT2D eigenvalue weighted by Gasteiger charge is -2.13. The van der Waals surface area contributed by atoms with E-state index in [-0.39, 0.29) is 24.3 Å². The molecule has 0 aliphatic heterocycles. The molecule has 0 spiro atoms. The average Bonchev–Trinajstić information content (AvgIpc) is 2.13. The molecule has 0 radical (unpaired) electrons. The molecule has 0 aromatic rings. The summed E-state index contributed by atoms with van der Waals surface area (Å²) in [7, 11) is 0. The maximum atomic E-state index is 11.2. The van der Waals surface area contributed by atoms with Gasteiger partial charge in [0.25, 0.3) is 0 Å². The second-order valence-electron chi connectivity index (χ2n) is 3.04. The summed E-state index contributed by atoms with van der Waals surface area (Å²) in [5.74, 6) is 5.08. The SMILES string of the molecule is CC#CC[C@@H](CC(=O)OCC)NC(C)=O. The van der Waals surface area contributed by atoms with Gasteiger partial charge in [0, 0.05) is 13.3 Å². The highest BCUT2D eigenvalue weighted by molar-refractivity contribution is 5.75. The Morgan fingerprint density at radius 2 is 2.13 bits per heavy atom. The minimum Gasteiger partial charge on any atom is -0.466 e. The number of carbonyl (C=O) groups is 2. The van der Waals surface area contributed by atoms with Gasteiger partial charge in [-0.05, 0) is 13.8 Å². The second kappa shape index (κ2) is 7.86. The summed E-state index contributed by atoms with van der Waals surface area (Å²) in [5, 5.41) is 2.66. The number of rotatable bonds is 5. The fourth-order valence-corrected chi connectivity index (χ4v) is 1.11. The summed E-state index contributed by atoms with van der Waals surface area (Å²) in [6.07, 6.45) is 0.636. The normalized spacial score (nSPS) is 10.9. The van der Waals surface area contributed by atoms with Crippen LogP contribution in [0.5, 0.6) is 0 Å². The molecule has 0 unspecified atom stereocenters. The van der Waals surface area contributed by atoms with E-state index < -0.39 is 0 Å². The number of hydrogen-bond donors (Lipinski definition) is 1. The molecule has 84 valence electrons. The zero-order valence-electron chi connectivity index (χ0n) is 9.42. The van der Waals surface area contributed by atoms with Crippen molar-refractivity contribution in [1.29, 1.82) is 0 Å². The van der Waals surface area contributed by atoms with E-state index in [0.717, 1.165) is 0 Å². The van der Waals surface area contributed by atoms with E-state index in [1.807, 2.05) is 0 Å². The molecule has 0 aliphatic carbocycles. The smallest absolute Gasteiger partial charge is 0.307 e. The zero-order valence-corrected chi connectivity index (χ0v) is 9.42. The molecule has 0 heterocycles. The van der Waals surface area contributed by atoms with Crippen molar-refractivity contribution in [3.8, 4) is 11.8 Å². The molecule has 0 bridgehead atoms. The molecule has 1 atom stereocenters. The van der Waals surface area contributed by atoms with Gasteiger partial charge in [0.05, 0.1) is 19.1 Å². The summed E-state index contributed by atoms with van der Waals surface area (Å²) in [6.45, 7) is 5.23. The van der Waals surface area contributed by atoms with Crippen molar-refractivity contribution in [2.75, 3.05) is 6.61 Å². The molecule has 4 nitrogen and oxygen atoms in total. The highest BCUT2D eigenvalue weighted by atomic mass is 16.5. The minimum atomic E-state index is -0.311. The summed E-state index contributed by atoms with van der Waals surface area (Å²) >= 11 is 0. The Bertz CT molecular complexity index is 275. The molecular formula is C11H17NO3. The van der Waals surface area contributed by atoms with Crippen LogP contribution in [0, 0.1) is 11.8 Å². The largest absolute Gasteiger partial charge is 0.466 e. The number of amides is 1. The first-order valence-electron chi connectivity index (χ1n) is 4.92. The molecular weight excluding hydrogens is 194 g/mol. The first-order valence-corrected chi connectivity index (χ1v) is 4.92. The Labute approximate surface area is 90.4 Å². The first kappa shape index (κ1) is 13.5. The molecule has 4 heteroatoms. The van der Waals surface area contributed by atoms with Gasteiger partial charge in [-0.15, -0.1) is 11.8 Å². The van der Waals surface area contributed by atoms with E-state index >= 15 is 0 Å². The van der Waals surface area contributed by atoms with Crippen molar-refractivity contribution in [1.82, 2.24) is 5.32 Å². The van der Waals surface area contributed by atoms with Crippen LogP contribution in [-0.4, -0.2) is 24.5 Å². The van der Waals surface area contributed by atoms with E-state index in [1.54, 1.807) is 13.8 Å². The number of esters is 1. The van der Waals surface area contributed by atoms with Crippen LogP contribution in [0.3, 0.4) is 0 Å². The Morgan fingerprint density at radius 3 is 2.60 bits per heavy atom. The maximum absolute atomic E-state index is 11.2. The summed E-state index contributed by atoms with van der Waals surface area (Å²) in [5.41, 5.74) is 0. The van der Waals surface area contributed by atoms with Crippen LogP contribution in [-0.2, 0) is 14.3 Å². The molecule has 0 aromatic heterocycles. The van der Waals surface area contributed by atoms with Crippen molar-refractivity contribution in [2.45, 2.75) is 39.7 Å². The summed E-state index contributed by atoms with van der Waals surface area (Å²) in [6, 6.07) is -0.256. The summed E-state index contributed by atoms with van der Waals surface area (Å²) in [4.78, 5) is 22.0. The van der Waals surface area contributed by atoms with Gasteiger partial charge >= 0.3 is 5.97 Å². The van der Waals surface area contributed by atoms with Crippen LogP contribution in [0.25, 0.3) is 0 Å². The fraction of sp³-hybridized carbons (Fsp3) is 0.636. The average molecular weight is 211 g/mol. The molecule has 0 aromatic carbocycles. The van der Waals surface area contributed by atoms with E-state index in [4.69, 9.17) is 4.74 Å². The Balaban J connectivity index is 4.14. The van der Waals surface area contributed by atoms with Crippen LogP contribution in [0.15, 0.2) is 0 Å². The Kier molecular flexibility index (Phi) is 7.08. The molecule has 1 N–H and O–H groups in total. The summed E-state index contributed by atoms with van der Waals surface area (Å²) < 4.78 is 4.80. The van der Waals surface area contributed by atoms with Crippen molar-refractivity contribution in [3.63, 3.8) is 0 Å². The van der Waals surface area contributed by atoms with Crippen LogP contribution in [0.1, 0.15) is 33.6 Å². The van der Waals surface area contributed by atoms with E-state index in [1.165, 1.54) is 6.92 Å². The van der Waals surface area contributed by atoms with Crippen LogP contribution >= 0.6 is 0 Å². The lowest BCUT2D eigenvalue weighted by atomic mass is 10.1. The number of ether oxygens (including phenoxy) is 1. The van der Waals surface area contributed by atoms with Gasteiger partial charge in [-0.2, -0.15) is 0 Å². The third kappa shape index (κ3) is 7.56. The zero-order chi connectivity index (χ0) is 11.7. The van der Waals surface area contributed by atoms with Gasteiger partial charge in [0.15, 0.2) is 0 Å². The van der Waals surface area contributed by atoms with Crippen LogP contribution < -0.4 is 5.32 Å². The number of carbonyl (C=O) groups excluding carboxylic acids is 2. The van der Waals surface area contributed by atoms with E-state index in [9.17, 15) is 9.59 Å². The van der Waals surface area contributed by atoms with Crippen molar-refractivity contribution >= 4 is 11.9 Å². The van der Waals surface area contributed by atoms with Gasteiger partial charge in [-0.25, -0.2) is 0 Å². The standard InChI is InChI=1S/C11H17NO3/c1-4-6-7-10(12-9(3)13)8-11(14)15-5-2/h10H,5,7-8H2,1-3H3,(H,12,13)/t10-/m0/s1. The lowest BCUT2D eigenvalue weighted by Crippen LogP contribution is -2.35. The van der Waals surface area contributed by atoms with Gasteiger partial charge in [0.2, 0.25) is 5.91 Å². The van der Waals surface area contributed by atoms with Gasteiger partial charge in [-0.1, -0.05) is 0 Å². The highest BCUT2D eigenvalue weighted by Crippen LogP contribution is 1.99. The number of nitrogens with one attached hydrogen (secondary N) is 1. The van der Waals surface area contributed by atoms with E-state index in [2.05, 4.69) is 17.2 Å². The Morgan fingerprint density at radius 1 is 1.47 bits per heavy atom. The van der Waals surface area contributed by atoms with Crippen molar-refractivity contribution < 1.29 is 14.3 Å². The second-order valence-corrected chi connectivity index (χ2v) is 3.04. The predicted molar refractivity (Wildman–Crippen MR) is 56.9 cm³/mol. The molecule has 0 fully saturated rings. The molecule has 0 saturated heterocycles. The van der Waals surface area contributed by atoms with Crippen LogP contribution in [0.2, 0.25) is 0 Å². The van der Waals surface area contributed by atoms with Crippen molar-refractivity contribution in [2.24, 2.45) is 0 Å². The van der Waals surface area contributed by atoms with Gasteiger partial charge in [0.1, 0.15) is 0 Å². The van der Waals surface area contributed by atoms with Crippen LogP contribution in [0.4, 0.5) is 0 Å². The predicted octanol–water partition coefficient (Wildman–Crippen LogP) is 0.858. The van der Waals surface area contributed by atoms with Gasteiger partial charge < -0.3 is 10.1 Å². The fourth-order valence-electron chi connectivity index (χ4n) is 1.11. The molecule has 1 amide bonds. The third-order valence-corrected chi connectivity index (χ3v) is 1.65. The van der Waals surface area contributed by atoms with E-state index in [0.29, 0.717) is 13.0 Å². The third-order valence-electron chi connectivity index (χ3n) is 1.65. The molecule has 0 saturated carbocycles. The highest BCUT2D eigenvalue weighted by Gasteiger charge is 2.14. The quantitative estimate of drug-likeness (QED) is 0.542. The molecule has 15 heavy (non-hydrogen) atoms. The minimum absolute atomic E-state index is 0.165. The number of hydrogen-bond acceptors (Lipinski definition) is 3. The monoisotopic (exact) mass is 211 g/mol. The lowest BCUT2D eigenvalue weighted by molar-refractivity contribution is -0.143. The van der Waals surface area contributed by atoms with Crippen molar-refractivity contribution in [3.05, 3.63) is 0 Å². The molecule has 0 rings (SSSR count). The Hall–Kier alpha value is -1.50. The molecule has 0 aliphatic rings.